The molecule has 20 heavy (non-hydrogen) atoms. The van der Waals surface area contributed by atoms with Crippen molar-refractivity contribution in [1.29, 1.82) is 0 Å². The maximum atomic E-state index is 11.2. The molecule has 3 nitrogen and oxygen atoms in total. The van der Waals surface area contributed by atoms with E-state index in [-0.39, 0.29) is 5.91 Å². The second-order valence-corrected chi connectivity index (χ2v) is 6.50. The molecule has 0 heterocycles. The molecule has 2 aliphatic carbocycles. The average Bonchev–Trinajstić information content (AvgIpc) is 3.25. The molecule has 3 rings (SSSR count). The summed E-state index contributed by atoms with van der Waals surface area (Å²) < 4.78 is 0. The van der Waals surface area contributed by atoms with Crippen LogP contribution >= 0.6 is 0 Å². The van der Waals surface area contributed by atoms with Gasteiger partial charge in [0.15, 0.2) is 0 Å². The van der Waals surface area contributed by atoms with Crippen molar-refractivity contribution in [3.63, 3.8) is 0 Å². The molecule has 0 spiro atoms. The molecule has 3 N–H and O–H groups in total. The Balaban J connectivity index is 1.66. The van der Waals surface area contributed by atoms with Gasteiger partial charge in [-0.05, 0) is 68.2 Å². The van der Waals surface area contributed by atoms with Gasteiger partial charge in [-0.1, -0.05) is 12.8 Å². The lowest BCUT2D eigenvalue weighted by Crippen LogP contribution is -2.28. The minimum Gasteiger partial charge on any atom is -0.382 e. The molecule has 2 atom stereocenters. The van der Waals surface area contributed by atoms with Gasteiger partial charge in [0.25, 0.3) is 0 Å². The van der Waals surface area contributed by atoms with E-state index in [1.807, 2.05) is 25.1 Å². The topological polar surface area (TPSA) is 55.1 Å². The van der Waals surface area contributed by atoms with E-state index >= 15 is 0 Å². The van der Waals surface area contributed by atoms with Crippen LogP contribution in [-0.4, -0.2) is 11.9 Å². The number of anilines is 1. The first-order valence-corrected chi connectivity index (χ1v) is 7.80. The van der Waals surface area contributed by atoms with Gasteiger partial charge in [-0.15, -0.1) is 0 Å². The SMILES string of the molecule is Cc1cc(C(N)=O)ccc1NC1CCCC(C2CC2)C1. The molecule has 2 aliphatic rings. The Labute approximate surface area is 120 Å². The number of hydrogen-bond donors (Lipinski definition) is 2. The summed E-state index contributed by atoms with van der Waals surface area (Å²) in [5, 5.41) is 3.68. The summed E-state index contributed by atoms with van der Waals surface area (Å²) in [7, 11) is 0. The molecular weight excluding hydrogens is 248 g/mol. The summed E-state index contributed by atoms with van der Waals surface area (Å²) in [6.07, 6.45) is 8.23. The zero-order valence-electron chi connectivity index (χ0n) is 12.2. The van der Waals surface area contributed by atoms with Crippen LogP contribution in [0, 0.1) is 18.8 Å². The molecule has 3 heteroatoms. The highest BCUT2D eigenvalue weighted by Crippen LogP contribution is 2.44. The Morgan fingerprint density at radius 1 is 1.20 bits per heavy atom. The van der Waals surface area contributed by atoms with E-state index in [0.29, 0.717) is 11.6 Å². The molecule has 1 amide bonds. The summed E-state index contributed by atoms with van der Waals surface area (Å²) >= 11 is 0. The van der Waals surface area contributed by atoms with Crippen LogP contribution in [0.25, 0.3) is 0 Å². The smallest absolute Gasteiger partial charge is 0.248 e. The van der Waals surface area contributed by atoms with E-state index < -0.39 is 0 Å². The van der Waals surface area contributed by atoms with E-state index in [1.54, 1.807) is 0 Å². The highest BCUT2D eigenvalue weighted by atomic mass is 16.1. The van der Waals surface area contributed by atoms with Gasteiger partial charge in [-0.25, -0.2) is 0 Å². The third-order valence-corrected chi connectivity index (χ3v) is 4.87. The van der Waals surface area contributed by atoms with Crippen LogP contribution in [0.5, 0.6) is 0 Å². The number of primary amides is 1. The average molecular weight is 272 g/mol. The van der Waals surface area contributed by atoms with Crippen LogP contribution in [0.2, 0.25) is 0 Å². The van der Waals surface area contributed by atoms with Crippen molar-refractivity contribution >= 4 is 11.6 Å². The standard InChI is InChI=1S/C17H24N2O/c1-11-9-14(17(18)20)7-8-16(11)19-15-4-2-3-13(10-15)12-5-6-12/h7-9,12-13,15,19H,2-6,10H2,1H3,(H2,18,20). The fourth-order valence-corrected chi connectivity index (χ4v) is 3.55. The van der Waals surface area contributed by atoms with Gasteiger partial charge in [0.2, 0.25) is 5.91 Å². The summed E-state index contributed by atoms with van der Waals surface area (Å²) in [5.41, 5.74) is 8.16. The van der Waals surface area contributed by atoms with Crippen LogP contribution in [-0.2, 0) is 0 Å². The number of nitrogens with one attached hydrogen (secondary N) is 1. The molecule has 0 aliphatic heterocycles. The van der Waals surface area contributed by atoms with Gasteiger partial charge < -0.3 is 11.1 Å². The molecule has 0 aromatic heterocycles. The Morgan fingerprint density at radius 2 is 2.00 bits per heavy atom. The molecular formula is C17H24N2O. The lowest BCUT2D eigenvalue weighted by Gasteiger charge is -2.31. The number of rotatable bonds is 4. The first kappa shape index (κ1) is 13.5. The monoisotopic (exact) mass is 272 g/mol. The Morgan fingerprint density at radius 3 is 2.65 bits per heavy atom. The summed E-state index contributed by atoms with van der Waals surface area (Å²) in [6, 6.07) is 6.29. The minimum atomic E-state index is -0.355. The number of carbonyl (C=O) groups excluding carboxylic acids is 1. The van der Waals surface area contributed by atoms with Gasteiger partial charge in [-0.2, -0.15) is 0 Å². The second-order valence-electron chi connectivity index (χ2n) is 6.50. The molecule has 2 saturated carbocycles. The highest BCUT2D eigenvalue weighted by Gasteiger charge is 2.34. The number of aryl methyl sites for hydroxylation is 1. The van der Waals surface area contributed by atoms with Gasteiger partial charge in [0, 0.05) is 17.3 Å². The second kappa shape index (κ2) is 5.47. The van der Waals surface area contributed by atoms with Crippen molar-refractivity contribution < 1.29 is 4.79 Å². The van der Waals surface area contributed by atoms with Gasteiger partial charge in [0.1, 0.15) is 0 Å². The van der Waals surface area contributed by atoms with E-state index in [2.05, 4.69) is 5.32 Å². The molecule has 0 saturated heterocycles. The largest absolute Gasteiger partial charge is 0.382 e. The Kier molecular flexibility index (Phi) is 3.68. The molecule has 1 aromatic carbocycles. The zero-order valence-corrected chi connectivity index (χ0v) is 12.2. The van der Waals surface area contributed by atoms with Crippen LogP contribution in [0.4, 0.5) is 5.69 Å². The van der Waals surface area contributed by atoms with E-state index in [0.717, 1.165) is 23.1 Å². The fraction of sp³-hybridized carbons (Fsp3) is 0.588. The first-order valence-electron chi connectivity index (χ1n) is 7.80. The summed E-state index contributed by atoms with van der Waals surface area (Å²) in [5.74, 6) is 1.59. The van der Waals surface area contributed by atoms with Crippen molar-refractivity contribution in [3.8, 4) is 0 Å². The van der Waals surface area contributed by atoms with Crippen LogP contribution in [0.15, 0.2) is 18.2 Å². The Hall–Kier alpha value is -1.51. The lowest BCUT2D eigenvalue weighted by molar-refractivity contribution is 0.1000. The third kappa shape index (κ3) is 2.97. The number of benzene rings is 1. The van der Waals surface area contributed by atoms with Crippen molar-refractivity contribution in [1.82, 2.24) is 0 Å². The van der Waals surface area contributed by atoms with Crippen molar-refractivity contribution in [2.75, 3.05) is 5.32 Å². The predicted octanol–water partition coefficient (Wildman–Crippen LogP) is 3.47. The normalized spacial score (nSPS) is 26.2. The van der Waals surface area contributed by atoms with Crippen molar-refractivity contribution in [3.05, 3.63) is 29.3 Å². The maximum Gasteiger partial charge on any atom is 0.248 e. The lowest BCUT2D eigenvalue weighted by atomic mass is 9.82. The molecule has 108 valence electrons. The fourth-order valence-electron chi connectivity index (χ4n) is 3.55. The molecule has 0 bridgehead atoms. The van der Waals surface area contributed by atoms with Crippen LogP contribution in [0.1, 0.15) is 54.4 Å². The number of amides is 1. The molecule has 1 aromatic rings. The van der Waals surface area contributed by atoms with Crippen molar-refractivity contribution in [2.45, 2.75) is 51.5 Å². The Bertz CT molecular complexity index is 508. The number of nitrogens with two attached hydrogens (primary N) is 1. The van der Waals surface area contributed by atoms with Crippen molar-refractivity contribution in [2.24, 2.45) is 17.6 Å². The van der Waals surface area contributed by atoms with E-state index in [9.17, 15) is 4.79 Å². The van der Waals surface area contributed by atoms with Gasteiger partial charge in [0.05, 0.1) is 0 Å². The van der Waals surface area contributed by atoms with Gasteiger partial charge >= 0.3 is 0 Å². The predicted molar refractivity (Wildman–Crippen MR) is 81.8 cm³/mol. The quantitative estimate of drug-likeness (QED) is 0.881. The highest BCUT2D eigenvalue weighted by molar-refractivity contribution is 5.93. The van der Waals surface area contributed by atoms with Crippen LogP contribution < -0.4 is 11.1 Å². The zero-order chi connectivity index (χ0) is 14.1. The minimum absolute atomic E-state index is 0.355. The van der Waals surface area contributed by atoms with Crippen LogP contribution in [0.3, 0.4) is 0 Å². The first-order chi connectivity index (χ1) is 9.63. The van der Waals surface area contributed by atoms with Gasteiger partial charge in [-0.3, -0.25) is 4.79 Å². The number of hydrogen-bond acceptors (Lipinski definition) is 2. The summed E-state index contributed by atoms with van der Waals surface area (Å²) in [4.78, 5) is 11.2. The summed E-state index contributed by atoms with van der Waals surface area (Å²) in [6.45, 7) is 2.04. The van der Waals surface area contributed by atoms with E-state index in [4.69, 9.17) is 5.73 Å². The molecule has 2 fully saturated rings. The van der Waals surface area contributed by atoms with E-state index in [1.165, 1.54) is 38.5 Å². The number of carbonyl (C=O) groups is 1. The molecule has 0 radical (unpaired) electrons. The molecule has 2 unspecified atom stereocenters. The maximum absolute atomic E-state index is 11.2. The third-order valence-electron chi connectivity index (χ3n) is 4.87.